The molecule has 25 heavy (non-hydrogen) atoms. The Morgan fingerprint density at radius 1 is 1.36 bits per heavy atom. The van der Waals surface area contributed by atoms with Crippen LogP contribution in [0.3, 0.4) is 0 Å². The Bertz CT molecular complexity index is 618. The summed E-state index contributed by atoms with van der Waals surface area (Å²) in [7, 11) is 0. The van der Waals surface area contributed by atoms with Gasteiger partial charge in [0.2, 0.25) is 11.8 Å². The molecule has 0 bridgehead atoms. The van der Waals surface area contributed by atoms with E-state index in [2.05, 4.69) is 26.6 Å². The van der Waals surface area contributed by atoms with Gasteiger partial charge in [0.05, 0.1) is 11.7 Å². The summed E-state index contributed by atoms with van der Waals surface area (Å²) in [4.78, 5) is 26.5. The van der Waals surface area contributed by atoms with E-state index in [9.17, 15) is 14.0 Å². The van der Waals surface area contributed by atoms with E-state index in [0.717, 1.165) is 19.3 Å². The lowest BCUT2D eigenvalue weighted by atomic mass is 9.95. The van der Waals surface area contributed by atoms with Crippen molar-refractivity contribution in [2.75, 3.05) is 25.0 Å². The Kier molecular flexibility index (Phi) is 7.38. The molecule has 1 aliphatic heterocycles. The van der Waals surface area contributed by atoms with Crippen molar-refractivity contribution in [2.45, 2.75) is 39.2 Å². The van der Waals surface area contributed by atoms with Crippen LogP contribution in [0.2, 0.25) is 0 Å². The molecule has 1 aromatic rings. The first-order valence-electron chi connectivity index (χ1n) is 8.70. The second-order valence-corrected chi connectivity index (χ2v) is 7.31. The number of anilines is 1. The van der Waals surface area contributed by atoms with Crippen LogP contribution in [0.5, 0.6) is 0 Å². The molecule has 2 amide bonds. The second-order valence-electron chi connectivity index (χ2n) is 6.39. The van der Waals surface area contributed by atoms with E-state index in [-0.39, 0.29) is 29.5 Å². The highest BCUT2D eigenvalue weighted by molar-refractivity contribution is 9.10. The van der Waals surface area contributed by atoms with Crippen molar-refractivity contribution in [3.63, 3.8) is 0 Å². The summed E-state index contributed by atoms with van der Waals surface area (Å²) in [6.07, 6.45) is 2.40. The lowest BCUT2D eigenvalue weighted by Gasteiger charge is -2.34. The van der Waals surface area contributed by atoms with Crippen LogP contribution in [0, 0.1) is 11.7 Å². The van der Waals surface area contributed by atoms with Crippen LogP contribution < -0.4 is 10.6 Å². The van der Waals surface area contributed by atoms with Crippen molar-refractivity contribution in [1.82, 2.24) is 10.2 Å². The molecule has 1 saturated heterocycles. The average molecular weight is 414 g/mol. The van der Waals surface area contributed by atoms with Gasteiger partial charge in [-0.15, -0.1) is 0 Å². The molecule has 2 rings (SSSR count). The fourth-order valence-electron chi connectivity index (χ4n) is 2.94. The van der Waals surface area contributed by atoms with E-state index < -0.39 is 5.82 Å². The summed E-state index contributed by atoms with van der Waals surface area (Å²) in [5.74, 6) is -0.589. The molecule has 7 heteroatoms. The zero-order valence-electron chi connectivity index (χ0n) is 14.6. The van der Waals surface area contributed by atoms with Crippen LogP contribution in [-0.4, -0.2) is 42.4 Å². The van der Waals surface area contributed by atoms with Gasteiger partial charge in [0, 0.05) is 16.9 Å². The molecule has 0 unspecified atom stereocenters. The van der Waals surface area contributed by atoms with Crippen molar-refractivity contribution >= 4 is 33.4 Å². The summed E-state index contributed by atoms with van der Waals surface area (Å²) in [5.41, 5.74) is 0.175. The number of amides is 2. The third kappa shape index (κ3) is 5.51. The van der Waals surface area contributed by atoms with Gasteiger partial charge in [-0.2, -0.15) is 0 Å². The molecule has 1 atom stereocenters. The predicted octanol–water partition coefficient (Wildman–Crippen LogP) is 3.15. The number of hydrogen-bond donors (Lipinski definition) is 2. The fourth-order valence-corrected chi connectivity index (χ4v) is 3.27. The zero-order valence-corrected chi connectivity index (χ0v) is 16.2. The maximum Gasteiger partial charge on any atom is 0.241 e. The van der Waals surface area contributed by atoms with E-state index in [0.29, 0.717) is 24.1 Å². The van der Waals surface area contributed by atoms with Crippen molar-refractivity contribution in [3.05, 3.63) is 28.5 Å². The highest BCUT2D eigenvalue weighted by atomic mass is 79.9. The molecule has 0 aromatic heterocycles. The van der Waals surface area contributed by atoms with Crippen LogP contribution in [0.25, 0.3) is 0 Å². The number of hydrogen-bond acceptors (Lipinski definition) is 3. The Labute approximate surface area is 156 Å². The third-order valence-corrected chi connectivity index (χ3v) is 5.06. The molecule has 1 aliphatic rings. The van der Waals surface area contributed by atoms with Crippen molar-refractivity contribution in [3.8, 4) is 0 Å². The summed E-state index contributed by atoms with van der Waals surface area (Å²) in [6, 6.07) is 4.17. The van der Waals surface area contributed by atoms with E-state index >= 15 is 0 Å². The molecular formula is C18H25BrFN3O2. The van der Waals surface area contributed by atoms with E-state index in [1.165, 1.54) is 12.1 Å². The predicted molar refractivity (Wildman–Crippen MR) is 99.8 cm³/mol. The van der Waals surface area contributed by atoms with Crippen molar-refractivity contribution in [2.24, 2.45) is 5.92 Å². The maximum absolute atomic E-state index is 13.9. The van der Waals surface area contributed by atoms with E-state index in [4.69, 9.17) is 0 Å². The lowest BCUT2D eigenvalue weighted by Crippen LogP contribution is -2.48. The largest absolute Gasteiger partial charge is 0.356 e. The molecule has 1 heterocycles. The number of nitrogens with zero attached hydrogens (tertiary/aromatic N) is 1. The smallest absolute Gasteiger partial charge is 0.241 e. The molecule has 138 valence electrons. The summed E-state index contributed by atoms with van der Waals surface area (Å²) in [5, 5.41) is 5.57. The summed E-state index contributed by atoms with van der Waals surface area (Å²) >= 11 is 3.19. The van der Waals surface area contributed by atoms with Crippen LogP contribution in [0.15, 0.2) is 22.7 Å². The van der Waals surface area contributed by atoms with Crippen LogP contribution >= 0.6 is 15.9 Å². The Balaban J connectivity index is 1.86. The first kappa shape index (κ1) is 19.8. The minimum atomic E-state index is -0.471. The normalized spacial score (nSPS) is 17.1. The molecule has 0 saturated carbocycles. The van der Waals surface area contributed by atoms with E-state index in [1.807, 2.05) is 18.7 Å². The molecule has 0 aliphatic carbocycles. The van der Waals surface area contributed by atoms with Gasteiger partial charge in [0.15, 0.2) is 0 Å². The lowest BCUT2D eigenvalue weighted by molar-refractivity contribution is -0.127. The van der Waals surface area contributed by atoms with Gasteiger partial charge in [0.1, 0.15) is 5.82 Å². The van der Waals surface area contributed by atoms with Gasteiger partial charge >= 0.3 is 0 Å². The number of carbonyl (C=O) groups excluding carboxylic acids is 2. The number of benzene rings is 1. The van der Waals surface area contributed by atoms with Gasteiger partial charge in [-0.3, -0.25) is 14.5 Å². The summed E-state index contributed by atoms with van der Waals surface area (Å²) in [6.45, 7) is 5.90. The standard InChI is InChI=1S/C18H25BrFN3O2/c1-3-8-21-18(25)13-6-9-23(10-7-13)12(2)17(24)22-16-5-4-14(19)11-15(16)20/h4-5,11-13H,3,6-10H2,1-2H3,(H,21,25)(H,22,24)/t12-/m1/s1. The zero-order chi connectivity index (χ0) is 18.4. The number of nitrogens with one attached hydrogen (secondary N) is 2. The van der Waals surface area contributed by atoms with Gasteiger partial charge in [-0.1, -0.05) is 22.9 Å². The second kappa shape index (κ2) is 9.29. The molecule has 1 fully saturated rings. The molecule has 0 spiro atoms. The number of piperidine rings is 1. The third-order valence-electron chi connectivity index (χ3n) is 4.57. The minimum Gasteiger partial charge on any atom is -0.356 e. The monoisotopic (exact) mass is 413 g/mol. The van der Waals surface area contributed by atoms with Crippen LogP contribution in [-0.2, 0) is 9.59 Å². The quantitative estimate of drug-likeness (QED) is 0.752. The average Bonchev–Trinajstić information content (AvgIpc) is 2.61. The highest BCUT2D eigenvalue weighted by Gasteiger charge is 2.29. The number of carbonyl (C=O) groups is 2. The van der Waals surface area contributed by atoms with Gasteiger partial charge in [0.25, 0.3) is 0 Å². The molecule has 1 aromatic carbocycles. The van der Waals surface area contributed by atoms with Gasteiger partial charge in [-0.25, -0.2) is 4.39 Å². The van der Waals surface area contributed by atoms with E-state index in [1.54, 1.807) is 6.07 Å². The Hall–Kier alpha value is -1.47. The number of halogens is 2. The maximum atomic E-state index is 13.9. The molecular weight excluding hydrogens is 389 g/mol. The van der Waals surface area contributed by atoms with Crippen molar-refractivity contribution in [1.29, 1.82) is 0 Å². The van der Waals surface area contributed by atoms with Crippen LogP contribution in [0.4, 0.5) is 10.1 Å². The number of likely N-dealkylation sites (tertiary alicyclic amines) is 1. The first-order valence-corrected chi connectivity index (χ1v) is 9.49. The minimum absolute atomic E-state index is 0.0157. The molecule has 2 N–H and O–H groups in total. The number of rotatable bonds is 6. The Morgan fingerprint density at radius 2 is 2.04 bits per heavy atom. The SMILES string of the molecule is CCCNC(=O)C1CCN([C@H](C)C(=O)Nc2ccc(Br)cc2F)CC1. The summed E-state index contributed by atoms with van der Waals surface area (Å²) < 4.78 is 14.5. The van der Waals surface area contributed by atoms with Gasteiger partial charge in [-0.05, 0) is 57.5 Å². The van der Waals surface area contributed by atoms with Crippen molar-refractivity contribution < 1.29 is 14.0 Å². The fraction of sp³-hybridized carbons (Fsp3) is 0.556. The van der Waals surface area contributed by atoms with Gasteiger partial charge < -0.3 is 10.6 Å². The molecule has 0 radical (unpaired) electrons. The van der Waals surface area contributed by atoms with Crippen LogP contribution in [0.1, 0.15) is 33.1 Å². The Morgan fingerprint density at radius 3 is 2.64 bits per heavy atom. The molecule has 5 nitrogen and oxygen atoms in total. The highest BCUT2D eigenvalue weighted by Crippen LogP contribution is 2.22. The first-order chi connectivity index (χ1) is 11.9. The topological polar surface area (TPSA) is 61.4 Å².